The Kier molecular flexibility index (Phi) is 5.03. The third-order valence-electron chi connectivity index (χ3n) is 2.90. The molecule has 2 aromatic rings. The summed E-state index contributed by atoms with van der Waals surface area (Å²) in [6.45, 7) is 0. The Morgan fingerprint density at radius 3 is 2.52 bits per heavy atom. The van der Waals surface area contributed by atoms with Gasteiger partial charge in [-0.05, 0) is 36.4 Å². The van der Waals surface area contributed by atoms with Gasteiger partial charge in [0, 0.05) is 10.2 Å². The first-order valence-corrected chi connectivity index (χ1v) is 8.53. The van der Waals surface area contributed by atoms with Crippen molar-refractivity contribution >= 4 is 37.5 Å². The van der Waals surface area contributed by atoms with Crippen LogP contribution < -0.4 is 15.2 Å². The molecule has 0 aromatic heterocycles. The Bertz CT molecular complexity index is 871. The minimum Gasteiger partial charge on any atom is -0.495 e. The van der Waals surface area contributed by atoms with Gasteiger partial charge in [-0.3, -0.25) is 4.79 Å². The van der Waals surface area contributed by atoms with Gasteiger partial charge in [0.25, 0.3) is 5.91 Å². The number of carbonyl (C=O) groups excluding carboxylic acids is 1. The van der Waals surface area contributed by atoms with E-state index in [4.69, 9.17) is 9.88 Å². The Morgan fingerprint density at radius 2 is 1.96 bits per heavy atom. The third-order valence-corrected chi connectivity index (χ3v) is 4.33. The molecule has 0 heterocycles. The highest BCUT2D eigenvalue weighted by Crippen LogP contribution is 2.26. The number of nitrogens with two attached hydrogens (primary N) is 1. The molecule has 9 heteroatoms. The van der Waals surface area contributed by atoms with Crippen LogP contribution in [0.15, 0.2) is 45.8 Å². The molecule has 0 bridgehead atoms. The third kappa shape index (κ3) is 4.06. The van der Waals surface area contributed by atoms with Gasteiger partial charge in [0.15, 0.2) is 0 Å². The minimum atomic E-state index is -4.04. The van der Waals surface area contributed by atoms with Gasteiger partial charge in [-0.2, -0.15) is 0 Å². The molecule has 6 nitrogen and oxygen atoms in total. The van der Waals surface area contributed by atoms with Crippen molar-refractivity contribution in [1.82, 2.24) is 0 Å². The molecular weight excluding hydrogens is 391 g/mol. The predicted molar refractivity (Wildman–Crippen MR) is 86.4 cm³/mol. The standard InChI is InChI=1S/C14H12BrFN2O4S/c1-22-12-5-3-9(7-13(12)23(17,20)21)18-14(19)10-4-2-8(15)6-11(10)16/h2-7H,1H3,(H,18,19)(H2,17,20,21). The van der Waals surface area contributed by atoms with Crippen LogP contribution >= 0.6 is 15.9 Å². The van der Waals surface area contributed by atoms with Gasteiger partial charge in [-0.15, -0.1) is 0 Å². The molecule has 0 saturated heterocycles. The number of methoxy groups -OCH3 is 1. The van der Waals surface area contributed by atoms with Crippen LogP contribution in [0.1, 0.15) is 10.4 Å². The van der Waals surface area contributed by atoms with Gasteiger partial charge >= 0.3 is 0 Å². The number of ether oxygens (including phenoxy) is 1. The topological polar surface area (TPSA) is 98.5 Å². The number of rotatable bonds is 4. The second-order valence-corrected chi connectivity index (χ2v) is 6.93. The zero-order valence-corrected chi connectivity index (χ0v) is 14.2. The highest BCUT2D eigenvalue weighted by atomic mass is 79.9. The molecule has 0 aliphatic rings. The smallest absolute Gasteiger partial charge is 0.258 e. The minimum absolute atomic E-state index is 0.0420. The molecule has 1 amide bonds. The maximum Gasteiger partial charge on any atom is 0.258 e. The van der Waals surface area contributed by atoms with Gasteiger partial charge < -0.3 is 10.1 Å². The average molecular weight is 403 g/mol. The van der Waals surface area contributed by atoms with Gasteiger partial charge in [-0.1, -0.05) is 15.9 Å². The quantitative estimate of drug-likeness (QED) is 0.820. The van der Waals surface area contributed by atoms with E-state index >= 15 is 0 Å². The summed E-state index contributed by atoms with van der Waals surface area (Å²) >= 11 is 3.09. The number of benzene rings is 2. The summed E-state index contributed by atoms with van der Waals surface area (Å²) in [4.78, 5) is 11.8. The number of amides is 1. The van der Waals surface area contributed by atoms with Crippen LogP contribution in [0.3, 0.4) is 0 Å². The van der Waals surface area contributed by atoms with Crippen LogP contribution in [-0.4, -0.2) is 21.4 Å². The van der Waals surface area contributed by atoms with Crippen molar-refractivity contribution in [3.05, 3.63) is 52.3 Å². The molecular formula is C14H12BrFN2O4S. The molecule has 2 rings (SSSR count). The number of anilines is 1. The fourth-order valence-corrected chi connectivity index (χ4v) is 2.91. The molecule has 122 valence electrons. The van der Waals surface area contributed by atoms with E-state index in [0.29, 0.717) is 4.47 Å². The molecule has 0 aliphatic heterocycles. The summed E-state index contributed by atoms with van der Waals surface area (Å²) in [5.41, 5.74) is -0.0386. The van der Waals surface area contributed by atoms with E-state index in [1.54, 1.807) is 0 Å². The maximum absolute atomic E-state index is 13.8. The lowest BCUT2D eigenvalue weighted by atomic mass is 10.2. The van der Waals surface area contributed by atoms with E-state index in [-0.39, 0.29) is 21.9 Å². The number of primary sulfonamides is 1. The largest absolute Gasteiger partial charge is 0.495 e. The van der Waals surface area contributed by atoms with E-state index in [0.717, 1.165) is 12.1 Å². The van der Waals surface area contributed by atoms with Crippen molar-refractivity contribution in [3.8, 4) is 5.75 Å². The van der Waals surface area contributed by atoms with Crippen molar-refractivity contribution in [2.45, 2.75) is 4.90 Å². The molecule has 3 N–H and O–H groups in total. The number of hydrogen-bond acceptors (Lipinski definition) is 4. The molecule has 0 spiro atoms. The van der Waals surface area contributed by atoms with Gasteiger partial charge in [0.05, 0.1) is 12.7 Å². The summed E-state index contributed by atoms with van der Waals surface area (Å²) < 4.78 is 42.2. The maximum atomic E-state index is 13.8. The zero-order chi connectivity index (χ0) is 17.2. The number of sulfonamides is 1. The SMILES string of the molecule is COc1ccc(NC(=O)c2ccc(Br)cc2F)cc1S(N)(=O)=O. The lowest BCUT2D eigenvalue weighted by molar-refractivity contribution is 0.102. The van der Waals surface area contributed by atoms with Crippen molar-refractivity contribution in [2.75, 3.05) is 12.4 Å². The summed E-state index contributed by atoms with van der Waals surface area (Å²) in [5.74, 6) is -1.39. The van der Waals surface area contributed by atoms with E-state index in [2.05, 4.69) is 21.2 Å². The summed E-state index contributed by atoms with van der Waals surface area (Å²) in [5, 5.41) is 7.51. The molecule has 0 unspecified atom stereocenters. The Hall–Kier alpha value is -1.97. The first-order valence-electron chi connectivity index (χ1n) is 6.19. The molecule has 0 radical (unpaired) electrons. The summed E-state index contributed by atoms with van der Waals surface area (Å²) in [6.07, 6.45) is 0. The molecule has 0 aliphatic carbocycles. The number of carbonyl (C=O) groups is 1. The van der Waals surface area contributed by atoms with Crippen molar-refractivity contribution in [3.63, 3.8) is 0 Å². The average Bonchev–Trinajstić information content (AvgIpc) is 2.46. The van der Waals surface area contributed by atoms with Crippen molar-refractivity contribution in [1.29, 1.82) is 0 Å². The molecule has 23 heavy (non-hydrogen) atoms. The van der Waals surface area contributed by atoms with Crippen LogP contribution in [0.5, 0.6) is 5.75 Å². The normalized spacial score (nSPS) is 11.1. The monoisotopic (exact) mass is 402 g/mol. The first kappa shape index (κ1) is 17.4. The van der Waals surface area contributed by atoms with Crippen LogP contribution in [0.2, 0.25) is 0 Å². The van der Waals surface area contributed by atoms with Crippen molar-refractivity contribution < 1.29 is 22.3 Å². The van der Waals surface area contributed by atoms with Gasteiger partial charge in [0.1, 0.15) is 16.5 Å². The fraction of sp³-hybridized carbons (Fsp3) is 0.0714. The highest BCUT2D eigenvalue weighted by Gasteiger charge is 2.17. The highest BCUT2D eigenvalue weighted by molar-refractivity contribution is 9.10. The number of nitrogens with one attached hydrogen (secondary N) is 1. The Morgan fingerprint density at radius 1 is 1.26 bits per heavy atom. The van der Waals surface area contributed by atoms with E-state index < -0.39 is 21.7 Å². The summed E-state index contributed by atoms with van der Waals surface area (Å²) in [6, 6.07) is 7.87. The van der Waals surface area contributed by atoms with E-state index in [1.807, 2.05) is 0 Å². The lowest BCUT2D eigenvalue weighted by Gasteiger charge is -2.10. The molecule has 0 atom stereocenters. The fourth-order valence-electron chi connectivity index (χ4n) is 1.85. The van der Waals surface area contributed by atoms with Crippen molar-refractivity contribution in [2.24, 2.45) is 5.14 Å². The van der Waals surface area contributed by atoms with E-state index in [1.165, 1.54) is 31.4 Å². The Labute approximate surface area is 140 Å². The number of hydrogen-bond donors (Lipinski definition) is 2. The van der Waals surface area contributed by atoms with Crippen LogP contribution in [0, 0.1) is 5.82 Å². The van der Waals surface area contributed by atoms with Crippen LogP contribution in [-0.2, 0) is 10.0 Å². The predicted octanol–water partition coefficient (Wildman–Crippen LogP) is 2.50. The molecule has 0 saturated carbocycles. The second-order valence-electron chi connectivity index (χ2n) is 4.49. The number of halogens is 2. The van der Waals surface area contributed by atoms with E-state index in [9.17, 15) is 17.6 Å². The zero-order valence-electron chi connectivity index (χ0n) is 11.8. The Balaban J connectivity index is 2.35. The first-order chi connectivity index (χ1) is 10.7. The lowest BCUT2D eigenvalue weighted by Crippen LogP contribution is -2.16. The molecule has 0 fully saturated rings. The summed E-state index contributed by atoms with van der Waals surface area (Å²) in [7, 11) is -2.75. The second kappa shape index (κ2) is 6.65. The van der Waals surface area contributed by atoms with Crippen LogP contribution in [0.4, 0.5) is 10.1 Å². The molecule has 2 aromatic carbocycles. The van der Waals surface area contributed by atoms with Crippen LogP contribution in [0.25, 0.3) is 0 Å². The van der Waals surface area contributed by atoms with Gasteiger partial charge in [0.2, 0.25) is 10.0 Å². The van der Waals surface area contributed by atoms with Gasteiger partial charge in [-0.25, -0.2) is 17.9 Å².